The lowest BCUT2D eigenvalue weighted by Crippen LogP contribution is -2.35. The second-order valence-electron chi connectivity index (χ2n) is 11.8. The Balaban J connectivity index is 1.40. The van der Waals surface area contributed by atoms with Crippen LogP contribution in [-0.4, -0.2) is 14.5 Å². The molecule has 0 radical (unpaired) electrons. The van der Waals surface area contributed by atoms with E-state index in [9.17, 15) is 0 Å². The highest BCUT2D eigenvalue weighted by Crippen LogP contribution is 2.54. The summed E-state index contributed by atoms with van der Waals surface area (Å²) in [5.41, 5.74) is 13.3. The van der Waals surface area contributed by atoms with Gasteiger partial charge in [-0.15, -0.1) is 0 Å². The second-order valence-corrected chi connectivity index (χ2v) is 11.8. The van der Waals surface area contributed by atoms with Crippen LogP contribution in [-0.2, 0) is 5.41 Å². The molecule has 0 unspecified atom stereocenters. The molecule has 0 aliphatic carbocycles. The van der Waals surface area contributed by atoms with E-state index in [-0.39, 0.29) is 0 Å². The summed E-state index contributed by atoms with van der Waals surface area (Å²) >= 11 is 0. The molecule has 3 nitrogen and oxygen atoms in total. The monoisotopic (exact) mass is 587 g/mol. The summed E-state index contributed by atoms with van der Waals surface area (Å²) < 4.78 is 2.35. The Morgan fingerprint density at radius 2 is 1.07 bits per heavy atom. The highest BCUT2D eigenvalue weighted by molar-refractivity contribution is 5.93. The predicted octanol–water partition coefficient (Wildman–Crippen LogP) is 10.1. The molecule has 2 aromatic heterocycles. The molecule has 0 saturated carbocycles. The van der Waals surface area contributed by atoms with Crippen LogP contribution in [0, 0.1) is 0 Å². The van der Waals surface area contributed by atoms with E-state index in [0.717, 1.165) is 28.1 Å². The van der Waals surface area contributed by atoms with Gasteiger partial charge in [-0.05, 0) is 80.9 Å². The first-order chi connectivity index (χ1) is 22.8. The molecule has 0 fully saturated rings. The number of hydrogen-bond acceptors (Lipinski definition) is 2. The van der Waals surface area contributed by atoms with Gasteiger partial charge in [-0.3, -0.25) is 9.55 Å². The third-order valence-electron chi connectivity index (χ3n) is 9.36. The SMILES string of the molecule is c1ccc(-c2cccc(-c3ccc4c(c3)C(c3ccccc3)(c3ccccc3)c3cccc5nc(-c6cccnc6)n-4c35)c2)cc1. The number of fused-ring (bicyclic) bond motifs is 2. The zero-order chi connectivity index (χ0) is 30.5. The number of benzene rings is 6. The fourth-order valence-corrected chi connectivity index (χ4v) is 7.38. The topological polar surface area (TPSA) is 30.7 Å². The average Bonchev–Trinajstić information content (AvgIpc) is 3.54. The van der Waals surface area contributed by atoms with Crippen molar-refractivity contribution < 1.29 is 0 Å². The van der Waals surface area contributed by atoms with Crippen molar-refractivity contribution in [1.82, 2.24) is 14.5 Å². The minimum atomic E-state index is -0.577. The quantitative estimate of drug-likeness (QED) is 0.201. The summed E-state index contributed by atoms with van der Waals surface area (Å²) in [6.07, 6.45) is 3.72. The molecule has 0 bridgehead atoms. The lowest BCUT2D eigenvalue weighted by Gasteiger charge is -2.41. The molecular weight excluding hydrogens is 558 g/mol. The van der Waals surface area contributed by atoms with Gasteiger partial charge in [0, 0.05) is 18.0 Å². The maximum absolute atomic E-state index is 5.26. The fourth-order valence-electron chi connectivity index (χ4n) is 7.38. The van der Waals surface area contributed by atoms with Gasteiger partial charge in [0.2, 0.25) is 0 Å². The average molecular weight is 588 g/mol. The Kier molecular flexibility index (Phi) is 6.04. The van der Waals surface area contributed by atoms with Gasteiger partial charge in [0.05, 0.1) is 22.1 Å². The van der Waals surface area contributed by atoms with Crippen LogP contribution in [0.5, 0.6) is 0 Å². The van der Waals surface area contributed by atoms with E-state index in [1.54, 1.807) is 0 Å². The molecule has 0 spiro atoms. The number of imidazole rings is 1. The first kappa shape index (κ1) is 26.4. The Hall–Kier alpha value is -6.06. The van der Waals surface area contributed by atoms with Gasteiger partial charge in [0.15, 0.2) is 0 Å². The Morgan fingerprint density at radius 1 is 0.457 bits per heavy atom. The summed E-state index contributed by atoms with van der Waals surface area (Å²) in [5.74, 6) is 0.894. The van der Waals surface area contributed by atoms with Crippen LogP contribution in [0.25, 0.3) is 50.4 Å². The third-order valence-corrected chi connectivity index (χ3v) is 9.36. The molecule has 0 saturated heterocycles. The summed E-state index contributed by atoms with van der Waals surface area (Å²) in [6.45, 7) is 0. The van der Waals surface area contributed by atoms with Crippen molar-refractivity contribution in [3.63, 3.8) is 0 Å². The summed E-state index contributed by atoms with van der Waals surface area (Å²) in [4.78, 5) is 9.72. The Morgan fingerprint density at radius 3 is 1.76 bits per heavy atom. The first-order valence-corrected chi connectivity index (χ1v) is 15.7. The standard InChI is InChI=1S/C43H29N3/c1-4-13-30(14-5-1)31-15-10-16-32(27-31)33-24-25-40-38(28-33)43(35-18-6-2-7-19-35,36-20-8-3-9-21-36)37-22-11-23-39-41(37)46(40)42(45-39)34-17-12-26-44-29-34/h1-29H. The number of para-hydroxylation sites is 1. The van der Waals surface area contributed by atoms with Crippen LogP contribution < -0.4 is 0 Å². The smallest absolute Gasteiger partial charge is 0.147 e. The van der Waals surface area contributed by atoms with E-state index >= 15 is 0 Å². The molecule has 46 heavy (non-hydrogen) atoms. The molecule has 8 aromatic rings. The third kappa shape index (κ3) is 3.92. The predicted molar refractivity (Wildman–Crippen MR) is 187 cm³/mol. The molecule has 216 valence electrons. The van der Waals surface area contributed by atoms with Gasteiger partial charge in [-0.2, -0.15) is 0 Å². The second kappa shape index (κ2) is 10.5. The van der Waals surface area contributed by atoms with Crippen LogP contribution in [0.2, 0.25) is 0 Å². The zero-order valence-corrected chi connectivity index (χ0v) is 25.1. The van der Waals surface area contributed by atoms with Gasteiger partial charge in [-0.25, -0.2) is 4.98 Å². The zero-order valence-electron chi connectivity index (χ0n) is 25.1. The van der Waals surface area contributed by atoms with Gasteiger partial charge in [0.1, 0.15) is 5.82 Å². The summed E-state index contributed by atoms with van der Waals surface area (Å²) in [7, 11) is 0. The maximum atomic E-state index is 5.26. The van der Waals surface area contributed by atoms with Gasteiger partial charge < -0.3 is 0 Å². The van der Waals surface area contributed by atoms with E-state index in [0.29, 0.717) is 0 Å². The van der Waals surface area contributed by atoms with E-state index in [2.05, 4.69) is 167 Å². The van der Waals surface area contributed by atoms with Crippen molar-refractivity contribution in [3.8, 4) is 39.3 Å². The lowest BCUT2D eigenvalue weighted by atomic mass is 9.63. The number of aromatic nitrogens is 3. The Labute approximate surface area is 268 Å². The van der Waals surface area contributed by atoms with Crippen LogP contribution >= 0.6 is 0 Å². The molecule has 1 aliphatic heterocycles. The number of nitrogens with zero attached hydrogens (tertiary/aromatic N) is 3. The van der Waals surface area contributed by atoms with Crippen LogP contribution in [0.3, 0.4) is 0 Å². The molecule has 3 heteroatoms. The minimum absolute atomic E-state index is 0.577. The van der Waals surface area contributed by atoms with Crippen molar-refractivity contribution in [2.45, 2.75) is 5.41 Å². The van der Waals surface area contributed by atoms with Crippen LogP contribution in [0.15, 0.2) is 176 Å². The molecule has 0 N–H and O–H groups in total. The summed E-state index contributed by atoms with van der Waals surface area (Å²) in [5, 5.41) is 0. The van der Waals surface area contributed by atoms with Gasteiger partial charge >= 0.3 is 0 Å². The molecule has 3 heterocycles. The van der Waals surface area contributed by atoms with E-state index < -0.39 is 5.41 Å². The molecule has 9 rings (SSSR count). The summed E-state index contributed by atoms with van der Waals surface area (Å²) in [6, 6.07) is 59.0. The van der Waals surface area contributed by atoms with Gasteiger partial charge in [0.25, 0.3) is 0 Å². The van der Waals surface area contributed by atoms with E-state index in [4.69, 9.17) is 4.98 Å². The number of rotatable bonds is 5. The highest BCUT2D eigenvalue weighted by Gasteiger charge is 2.45. The normalized spacial score (nSPS) is 13.0. The molecule has 0 amide bonds. The van der Waals surface area contributed by atoms with Crippen molar-refractivity contribution in [3.05, 3.63) is 198 Å². The number of hydrogen-bond donors (Lipinski definition) is 0. The van der Waals surface area contributed by atoms with Crippen molar-refractivity contribution in [1.29, 1.82) is 0 Å². The minimum Gasteiger partial charge on any atom is -0.292 e. The molecule has 1 aliphatic rings. The Bertz CT molecular complexity index is 2300. The number of pyridine rings is 1. The largest absolute Gasteiger partial charge is 0.292 e. The van der Waals surface area contributed by atoms with Crippen molar-refractivity contribution >= 4 is 11.0 Å². The lowest BCUT2D eigenvalue weighted by molar-refractivity contribution is 0.726. The highest BCUT2D eigenvalue weighted by atomic mass is 15.1. The maximum Gasteiger partial charge on any atom is 0.147 e. The van der Waals surface area contributed by atoms with E-state index in [1.165, 1.54) is 44.5 Å². The first-order valence-electron chi connectivity index (χ1n) is 15.7. The molecule has 0 atom stereocenters. The van der Waals surface area contributed by atoms with Crippen molar-refractivity contribution in [2.24, 2.45) is 0 Å². The molecular formula is C43H29N3. The van der Waals surface area contributed by atoms with Crippen LogP contribution in [0.1, 0.15) is 22.3 Å². The fraction of sp³-hybridized carbons (Fsp3) is 0.0233. The van der Waals surface area contributed by atoms with Gasteiger partial charge in [-0.1, -0.05) is 127 Å². The molecule has 6 aromatic carbocycles. The van der Waals surface area contributed by atoms with E-state index in [1.807, 2.05) is 18.5 Å². The van der Waals surface area contributed by atoms with Crippen LogP contribution in [0.4, 0.5) is 0 Å². The van der Waals surface area contributed by atoms with Crippen molar-refractivity contribution in [2.75, 3.05) is 0 Å².